The van der Waals surface area contributed by atoms with Crippen LogP contribution in [0, 0.1) is 6.92 Å². The third kappa shape index (κ3) is 2.71. The summed E-state index contributed by atoms with van der Waals surface area (Å²) in [6, 6.07) is 10.7. The normalized spacial score (nSPS) is 16.4. The molecule has 2 aromatic rings. The highest BCUT2D eigenvalue weighted by Gasteiger charge is 2.29. The van der Waals surface area contributed by atoms with Crippen LogP contribution in [0.2, 0.25) is 0 Å². The third-order valence-corrected chi connectivity index (χ3v) is 4.14. The van der Waals surface area contributed by atoms with Gasteiger partial charge in [-0.05, 0) is 11.6 Å². The number of anilines is 3. The van der Waals surface area contributed by atoms with Crippen molar-refractivity contribution in [3.63, 3.8) is 0 Å². The van der Waals surface area contributed by atoms with Gasteiger partial charge in [0.2, 0.25) is 17.5 Å². The summed E-state index contributed by atoms with van der Waals surface area (Å²) in [5, 5.41) is 3.23. The van der Waals surface area contributed by atoms with Crippen LogP contribution in [0.15, 0.2) is 30.3 Å². The van der Waals surface area contributed by atoms with Crippen LogP contribution in [0.1, 0.15) is 24.2 Å². The molecule has 0 fully saturated rings. The summed E-state index contributed by atoms with van der Waals surface area (Å²) in [5.41, 5.74) is 2.69. The van der Waals surface area contributed by atoms with Crippen molar-refractivity contribution in [1.82, 2.24) is 4.98 Å². The molecule has 5 heteroatoms. The highest BCUT2D eigenvalue weighted by Crippen LogP contribution is 2.39. The largest absolute Gasteiger partial charge is 1.00 e. The molecule has 0 aliphatic carbocycles. The van der Waals surface area contributed by atoms with E-state index in [0.29, 0.717) is 5.92 Å². The molecular formula is C16H21IN4. The summed E-state index contributed by atoms with van der Waals surface area (Å²) in [7, 11) is 3.97. The molecule has 1 aromatic heterocycles. The zero-order valence-corrected chi connectivity index (χ0v) is 15.0. The summed E-state index contributed by atoms with van der Waals surface area (Å²) >= 11 is 0. The fraction of sp³-hybridized carbons (Fsp3) is 0.375. The molecule has 0 saturated carbocycles. The number of rotatable bonds is 2. The summed E-state index contributed by atoms with van der Waals surface area (Å²) in [4.78, 5) is 7.06. The van der Waals surface area contributed by atoms with Gasteiger partial charge in [0.1, 0.15) is 0 Å². The lowest BCUT2D eigenvalue weighted by Crippen LogP contribution is -3.00. The van der Waals surface area contributed by atoms with Crippen LogP contribution in [0.3, 0.4) is 0 Å². The number of nitrogens with zero attached hydrogens (tertiary/aromatic N) is 3. The third-order valence-electron chi connectivity index (χ3n) is 4.14. The van der Waals surface area contributed by atoms with Crippen molar-refractivity contribution in [2.45, 2.75) is 19.8 Å². The minimum Gasteiger partial charge on any atom is -1.00 e. The van der Waals surface area contributed by atoms with Crippen LogP contribution in [0.5, 0.6) is 0 Å². The second-order valence-electron chi connectivity index (χ2n) is 5.43. The Bertz CT molecular complexity index is 657. The molecule has 1 atom stereocenters. The highest BCUT2D eigenvalue weighted by molar-refractivity contribution is 5.69. The standard InChI is InChI=1S/C16H20N4.HI/c1-11-10-20(14-8-6-5-7-13(11)14)16-9-15(17-3)19(4)12(2)18-16;/h5-9,11H,10H2,1-4H3;1H. The molecule has 0 amide bonds. The number of aryl methyl sites for hydroxylation is 1. The van der Waals surface area contributed by atoms with E-state index in [1.807, 2.05) is 21.0 Å². The van der Waals surface area contributed by atoms with E-state index in [2.05, 4.69) is 52.0 Å². The lowest BCUT2D eigenvalue weighted by molar-refractivity contribution is -0.666. The summed E-state index contributed by atoms with van der Waals surface area (Å²) in [5.74, 6) is 3.63. The van der Waals surface area contributed by atoms with Crippen LogP contribution in [-0.2, 0) is 7.05 Å². The van der Waals surface area contributed by atoms with E-state index >= 15 is 0 Å². The molecule has 2 heterocycles. The minimum atomic E-state index is 0. The Morgan fingerprint density at radius 3 is 2.76 bits per heavy atom. The predicted molar refractivity (Wildman–Crippen MR) is 81.6 cm³/mol. The van der Waals surface area contributed by atoms with Crippen molar-refractivity contribution in [2.24, 2.45) is 7.05 Å². The number of hydrogen-bond donors (Lipinski definition) is 1. The second kappa shape index (κ2) is 6.17. The Kier molecular flexibility index (Phi) is 4.70. The Morgan fingerprint density at radius 2 is 2.05 bits per heavy atom. The van der Waals surface area contributed by atoms with E-state index in [0.717, 1.165) is 24.0 Å². The molecule has 0 radical (unpaired) electrons. The summed E-state index contributed by atoms with van der Waals surface area (Å²) in [6.45, 7) is 5.30. The van der Waals surface area contributed by atoms with Crippen LogP contribution >= 0.6 is 0 Å². The molecule has 1 N–H and O–H groups in total. The molecule has 1 aromatic carbocycles. The predicted octanol–water partition coefficient (Wildman–Crippen LogP) is -0.485. The topological polar surface area (TPSA) is 32.0 Å². The number of para-hydroxylation sites is 1. The second-order valence-corrected chi connectivity index (χ2v) is 5.43. The van der Waals surface area contributed by atoms with Crippen molar-refractivity contribution < 1.29 is 28.5 Å². The highest BCUT2D eigenvalue weighted by atomic mass is 127. The monoisotopic (exact) mass is 396 g/mol. The van der Waals surface area contributed by atoms with Gasteiger partial charge in [0.25, 0.3) is 0 Å². The lowest BCUT2D eigenvalue weighted by atomic mass is 10.0. The van der Waals surface area contributed by atoms with Gasteiger partial charge in [-0.1, -0.05) is 30.1 Å². The average molecular weight is 396 g/mol. The molecule has 21 heavy (non-hydrogen) atoms. The zero-order valence-electron chi connectivity index (χ0n) is 12.9. The smallest absolute Gasteiger partial charge is 0.237 e. The van der Waals surface area contributed by atoms with Crippen molar-refractivity contribution in [2.75, 3.05) is 23.8 Å². The van der Waals surface area contributed by atoms with Crippen molar-refractivity contribution in [3.8, 4) is 0 Å². The molecule has 1 aliphatic heterocycles. The van der Waals surface area contributed by atoms with Gasteiger partial charge in [0.15, 0.2) is 0 Å². The molecule has 0 spiro atoms. The average Bonchev–Trinajstić information content (AvgIpc) is 2.80. The van der Waals surface area contributed by atoms with E-state index in [1.165, 1.54) is 11.3 Å². The van der Waals surface area contributed by atoms with E-state index in [1.54, 1.807) is 0 Å². The van der Waals surface area contributed by atoms with Gasteiger partial charge >= 0.3 is 0 Å². The molecule has 0 saturated heterocycles. The maximum atomic E-state index is 4.75. The van der Waals surface area contributed by atoms with Crippen LogP contribution in [0.4, 0.5) is 17.3 Å². The van der Waals surface area contributed by atoms with Gasteiger partial charge < -0.3 is 34.2 Å². The number of fused-ring (bicyclic) bond motifs is 1. The van der Waals surface area contributed by atoms with Crippen LogP contribution in [-0.4, -0.2) is 18.6 Å². The van der Waals surface area contributed by atoms with E-state index in [4.69, 9.17) is 4.98 Å². The lowest BCUT2D eigenvalue weighted by Gasteiger charge is -2.17. The van der Waals surface area contributed by atoms with Gasteiger partial charge in [0, 0.05) is 32.1 Å². The first-order chi connectivity index (χ1) is 9.61. The molecule has 1 aliphatic rings. The minimum absolute atomic E-state index is 0. The molecular weight excluding hydrogens is 375 g/mol. The van der Waals surface area contributed by atoms with Crippen molar-refractivity contribution in [1.29, 1.82) is 0 Å². The van der Waals surface area contributed by atoms with Gasteiger partial charge in [0.05, 0.1) is 13.1 Å². The summed E-state index contributed by atoms with van der Waals surface area (Å²) in [6.07, 6.45) is 0. The van der Waals surface area contributed by atoms with Crippen LogP contribution in [0.25, 0.3) is 0 Å². The quantitative estimate of drug-likeness (QED) is 0.550. The number of benzene rings is 1. The maximum absolute atomic E-state index is 4.75. The number of halogens is 1. The van der Waals surface area contributed by atoms with Gasteiger partial charge in [-0.2, -0.15) is 0 Å². The SMILES string of the molecule is CNc1cc(N2CC(C)c3ccccc32)nc(C)[n+]1C.[I-]. The molecule has 112 valence electrons. The first kappa shape index (κ1) is 16.0. The van der Waals surface area contributed by atoms with Gasteiger partial charge in [-0.3, -0.25) is 0 Å². The number of hydrogen-bond acceptors (Lipinski definition) is 3. The maximum Gasteiger partial charge on any atom is 0.237 e. The Morgan fingerprint density at radius 1 is 1.33 bits per heavy atom. The van der Waals surface area contributed by atoms with Crippen molar-refractivity contribution in [3.05, 3.63) is 41.7 Å². The molecule has 4 nitrogen and oxygen atoms in total. The van der Waals surface area contributed by atoms with Gasteiger partial charge in [-0.25, -0.2) is 4.57 Å². The van der Waals surface area contributed by atoms with E-state index in [-0.39, 0.29) is 24.0 Å². The van der Waals surface area contributed by atoms with Crippen LogP contribution < -0.4 is 38.8 Å². The molecule has 0 bridgehead atoms. The summed E-state index contributed by atoms with van der Waals surface area (Å²) < 4.78 is 2.06. The van der Waals surface area contributed by atoms with E-state index < -0.39 is 0 Å². The Labute approximate surface area is 143 Å². The Balaban J connectivity index is 0.00000161. The fourth-order valence-corrected chi connectivity index (χ4v) is 2.88. The number of nitrogens with one attached hydrogen (secondary N) is 1. The molecule has 3 rings (SSSR count). The Hall–Kier alpha value is -1.37. The number of aromatic nitrogens is 2. The molecule has 1 unspecified atom stereocenters. The van der Waals surface area contributed by atoms with Gasteiger partial charge in [-0.15, -0.1) is 0 Å². The fourth-order valence-electron chi connectivity index (χ4n) is 2.88. The first-order valence-corrected chi connectivity index (χ1v) is 7.03. The van der Waals surface area contributed by atoms with E-state index in [9.17, 15) is 0 Å². The first-order valence-electron chi connectivity index (χ1n) is 7.03. The zero-order chi connectivity index (χ0) is 14.3. The van der Waals surface area contributed by atoms with Crippen molar-refractivity contribution >= 4 is 17.3 Å².